The number of oxazole rings is 1. The van der Waals surface area contributed by atoms with Gasteiger partial charge in [0.05, 0.1) is 25.4 Å². The zero-order valence-electron chi connectivity index (χ0n) is 17.0. The van der Waals surface area contributed by atoms with Gasteiger partial charge in [-0.1, -0.05) is 6.92 Å². The van der Waals surface area contributed by atoms with Gasteiger partial charge in [0, 0.05) is 38.8 Å². The highest BCUT2D eigenvalue weighted by Gasteiger charge is 2.21. The van der Waals surface area contributed by atoms with Crippen LogP contribution in [0.3, 0.4) is 0 Å². The molecule has 0 radical (unpaired) electrons. The molecule has 2 atom stereocenters. The van der Waals surface area contributed by atoms with E-state index in [9.17, 15) is 9.90 Å². The molecule has 8 nitrogen and oxygen atoms in total. The monoisotopic (exact) mass is 382 g/mol. The number of rotatable bonds is 10. The van der Waals surface area contributed by atoms with Crippen LogP contribution >= 0.6 is 0 Å². The molecule has 1 amide bonds. The second kappa shape index (κ2) is 10.8. The van der Waals surface area contributed by atoms with Crippen molar-refractivity contribution in [3.05, 3.63) is 17.8 Å². The molecule has 2 heterocycles. The van der Waals surface area contributed by atoms with Crippen LogP contribution in [0.15, 0.2) is 10.7 Å². The summed E-state index contributed by atoms with van der Waals surface area (Å²) in [6, 6.07) is 0.118. The number of hydrogen-bond acceptors (Lipinski definition) is 7. The zero-order valence-corrected chi connectivity index (χ0v) is 17.0. The smallest absolute Gasteiger partial charge is 0.273 e. The third-order valence-corrected chi connectivity index (χ3v) is 4.69. The standard InChI is InChI=1S/C19H34N4O4/c1-5-15(4)20-19(25)17-13-27-18(21-17)11-23-8-6-22(7-9-23)10-16(24)12-26-14(2)3/h13-16,24H,5-12H2,1-4H3,(H,20,25)/t15-,16+/m0/s1. The summed E-state index contributed by atoms with van der Waals surface area (Å²) in [5, 5.41) is 12.9. The van der Waals surface area contributed by atoms with Crippen LogP contribution in [0.4, 0.5) is 0 Å². The van der Waals surface area contributed by atoms with E-state index in [1.807, 2.05) is 27.7 Å². The molecule has 154 valence electrons. The first-order chi connectivity index (χ1) is 12.9. The molecule has 0 bridgehead atoms. The van der Waals surface area contributed by atoms with Crippen LogP contribution in [0.5, 0.6) is 0 Å². The summed E-state index contributed by atoms with van der Waals surface area (Å²) in [5.41, 5.74) is 0.331. The summed E-state index contributed by atoms with van der Waals surface area (Å²) in [5.74, 6) is 0.366. The number of piperazine rings is 1. The quantitative estimate of drug-likeness (QED) is 0.626. The summed E-state index contributed by atoms with van der Waals surface area (Å²) < 4.78 is 10.9. The molecule has 1 aliphatic rings. The number of ether oxygens (including phenoxy) is 1. The van der Waals surface area contributed by atoms with Gasteiger partial charge >= 0.3 is 0 Å². The molecule has 0 aromatic carbocycles. The normalized spacial score (nSPS) is 18.6. The average Bonchev–Trinajstić information content (AvgIpc) is 3.10. The maximum Gasteiger partial charge on any atom is 0.273 e. The van der Waals surface area contributed by atoms with Gasteiger partial charge in [-0.2, -0.15) is 0 Å². The Hall–Kier alpha value is -1.48. The third-order valence-electron chi connectivity index (χ3n) is 4.69. The van der Waals surface area contributed by atoms with E-state index in [-0.39, 0.29) is 18.1 Å². The lowest BCUT2D eigenvalue weighted by Gasteiger charge is -2.35. The number of carbonyl (C=O) groups excluding carboxylic acids is 1. The maximum atomic E-state index is 12.1. The number of carbonyl (C=O) groups is 1. The van der Waals surface area contributed by atoms with Crippen LogP contribution < -0.4 is 5.32 Å². The van der Waals surface area contributed by atoms with E-state index in [2.05, 4.69) is 20.1 Å². The minimum atomic E-state index is -0.461. The van der Waals surface area contributed by atoms with Gasteiger partial charge in [-0.3, -0.25) is 14.6 Å². The van der Waals surface area contributed by atoms with Crippen LogP contribution in [0, 0.1) is 0 Å². The Morgan fingerprint density at radius 3 is 2.59 bits per heavy atom. The van der Waals surface area contributed by atoms with Gasteiger partial charge in [0.15, 0.2) is 5.69 Å². The first-order valence-corrected chi connectivity index (χ1v) is 9.87. The highest BCUT2D eigenvalue weighted by atomic mass is 16.5. The molecule has 0 saturated carbocycles. The lowest BCUT2D eigenvalue weighted by Crippen LogP contribution is -2.48. The van der Waals surface area contributed by atoms with Crippen LogP contribution in [-0.2, 0) is 11.3 Å². The predicted octanol–water partition coefficient (Wildman–Crippen LogP) is 1.11. The number of hydrogen-bond donors (Lipinski definition) is 2. The first-order valence-electron chi connectivity index (χ1n) is 9.87. The number of aromatic nitrogens is 1. The van der Waals surface area contributed by atoms with Gasteiger partial charge < -0.3 is 19.6 Å². The summed E-state index contributed by atoms with van der Waals surface area (Å²) in [6.07, 6.45) is 1.97. The highest BCUT2D eigenvalue weighted by molar-refractivity contribution is 5.92. The lowest BCUT2D eigenvalue weighted by atomic mass is 10.2. The molecule has 0 aliphatic carbocycles. The first kappa shape index (κ1) is 21.8. The number of aliphatic hydroxyl groups is 1. The second-order valence-electron chi connectivity index (χ2n) is 7.52. The minimum Gasteiger partial charge on any atom is -0.447 e. The second-order valence-corrected chi connectivity index (χ2v) is 7.52. The Bertz CT molecular complexity index is 570. The van der Waals surface area contributed by atoms with Crippen molar-refractivity contribution in [3.63, 3.8) is 0 Å². The van der Waals surface area contributed by atoms with E-state index >= 15 is 0 Å². The molecule has 1 aromatic heterocycles. The van der Waals surface area contributed by atoms with Crippen LogP contribution in [0.2, 0.25) is 0 Å². The largest absolute Gasteiger partial charge is 0.447 e. The molecule has 1 fully saturated rings. The molecule has 1 aromatic rings. The summed E-state index contributed by atoms with van der Waals surface area (Å²) in [4.78, 5) is 20.9. The molecular weight excluding hydrogens is 348 g/mol. The van der Waals surface area contributed by atoms with Gasteiger partial charge in [0.2, 0.25) is 5.89 Å². The molecule has 1 aliphatic heterocycles. The van der Waals surface area contributed by atoms with Crippen molar-refractivity contribution in [2.45, 2.75) is 58.9 Å². The topological polar surface area (TPSA) is 91.1 Å². The fourth-order valence-corrected chi connectivity index (χ4v) is 2.86. The van der Waals surface area contributed by atoms with Crippen molar-refractivity contribution < 1.29 is 19.1 Å². The fourth-order valence-electron chi connectivity index (χ4n) is 2.86. The van der Waals surface area contributed by atoms with Crippen molar-refractivity contribution >= 4 is 5.91 Å². The molecule has 0 unspecified atom stereocenters. The molecule has 8 heteroatoms. The van der Waals surface area contributed by atoms with E-state index < -0.39 is 6.10 Å². The van der Waals surface area contributed by atoms with Gasteiger partial charge in [-0.15, -0.1) is 0 Å². The SMILES string of the molecule is CC[C@H](C)NC(=O)c1coc(CN2CCN(C[C@@H](O)COC(C)C)CC2)n1. The van der Waals surface area contributed by atoms with Gasteiger partial charge in [0.25, 0.3) is 5.91 Å². The van der Waals surface area contributed by atoms with Crippen molar-refractivity contribution in [1.29, 1.82) is 0 Å². The number of nitrogens with one attached hydrogen (secondary N) is 1. The minimum absolute atomic E-state index is 0.118. The lowest BCUT2D eigenvalue weighted by molar-refractivity contribution is -0.0151. The number of β-amino-alcohol motifs (C(OH)–C–C–N with tert-alkyl or cyclic N) is 1. The Balaban J connectivity index is 1.72. The Morgan fingerprint density at radius 1 is 1.30 bits per heavy atom. The number of nitrogens with zero attached hydrogens (tertiary/aromatic N) is 3. The Kier molecular flexibility index (Phi) is 8.69. The molecule has 1 saturated heterocycles. The van der Waals surface area contributed by atoms with Crippen molar-refractivity contribution in [2.75, 3.05) is 39.3 Å². The summed E-state index contributed by atoms with van der Waals surface area (Å²) >= 11 is 0. The van der Waals surface area contributed by atoms with Crippen LogP contribution in [0.25, 0.3) is 0 Å². The summed E-state index contributed by atoms with van der Waals surface area (Å²) in [6.45, 7) is 13.0. The third kappa shape index (κ3) is 7.57. The maximum absolute atomic E-state index is 12.1. The molecule has 2 rings (SSSR count). The number of aliphatic hydroxyl groups excluding tert-OH is 1. The summed E-state index contributed by atoms with van der Waals surface area (Å²) in [7, 11) is 0. The van der Waals surface area contributed by atoms with Crippen molar-refractivity contribution in [3.8, 4) is 0 Å². The average molecular weight is 383 g/mol. The molecule has 0 spiro atoms. The van der Waals surface area contributed by atoms with Crippen molar-refractivity contribution in [2.24, 2.45) is 0 Å². The predicted molar refractivity (Wildman–Crippen MR) is 103 cm³/mol. The zero-order chi connectivity index (χ0) is 19.8. The van der Waals surface area contributed by atoms with Gasteiger partial charge in [-0.05, 0) is 27.2 Å². The van der Waals surface area contributed by atoms with Gasteiger partial charge in [-0.25, -0.2) is 4.98 Å². The Morgan fingerprint density at radius 2 is 1.96 bits per heavy atom. The fraction of sp³-hybridized carbons (Fsp3) is 0.789. The van der Waals surface area contributed by atoms with E-state index in [1.54, 1.807) is 0 Å². The van der Waals surface area contributed by atoms with E-state index in [0.717, 1.165) is 32.6 Å². The molecule has 27 heavy (non-hydrogen) atoms. The Labute approximate surface area is 161 Å². The van der Waals surface area contributed by atoms with E-state index in [0.29, 0.717) is 31.3 Å². The van der Waals surface area contributed by atoms with E-state index in [1.165, 1.54) is 6.26 Å². The van der Waals surface area contributed by atoms with Crippen molar-refractivity contribution in [1.82, 2.24) is 20.1 Å². The molecule has 2 N–H and O–H groups in total. The van der Waals surface area contributed by atoms with Gasteiger partial charge in [0.1, 0.15) is 6.26 Å². The van der Waals surface area contributed by atoms with Crippen LogP contribution in [0.1, 0.15) is 50.5 Å². The van der Waals surface area contributed by atoms with Crippen LogP contribution in [-0.4, -0.2) is 83.4 Å². The van der Waals surface area contributed by atoms with E-state index in [4.69, 9.17) is 9.15 Å². The molecular formula is C19H34N4O4. The highest BCUT2D eigenvalue weighted by Crippen LogP contribution is 2.10. The number of amides is 1.